The summed E-state index contributed by atoms with van der Waals surface area (Å²) < 4.78 is 7.18. The Balaban J connectivity index is 1.59. The first-order chi connectivity index (χ1) is 12.5. The molecule has 1 aromatic carbocycles. The third-order valence-corrected chi connectivity index (χ3v) is 4.19. The van der Waals surface area contributed by atoms with Crippen LogP contribution < -0.4 is 5.32 Å². The second-order valence-corrected chi connectivity index (χ2v) is 6.56. The fourth-order valence-electron chi connectivity index (χ4n) is 2.73. The van der Waals surface area contributed by atoms with Gasteiger partial charge in [-0.25, -0.2) is 4.98 Å². The van der Waals surface area contributed by atoms with Crippen LogP contribution in [-0.2, 0) is 18.3 Å². The molecule has 0 radical (unpaired) electrons. The summed E-state index contributed by atoms with van der Waals surface area (Å²) in [6.45, 7) is 4.12. The second kappa shape index (κ2) is 7.95. The molecule has 0 bridgehead atoms. The van der Waals surface area contributed by atoms with Gasteiger partial charge in [0.2, 0.25) is 17.6 Å². The number of nitrogens with one attached hydrogen (secondary N) is 1. The minimum Gasteiger partial charge on any atom is -0.346 e. The molecule has 3 rings (SSSR count). The molecular weight excluding hydrogens is 330 g/mol. The van der Waals surface area contributed by atoms with Crippen LogP contribution in [0.2, 0.25) is 0 Å². The number of amides is 1. The molecule has 0 spiro atoms. The topological polar surface area (TPSA) is 85.8 Å². The van der Waals surface area contributed by atoms with Gasteiger partial charge in [0.05, 0.1) is 6.04 Å². The van der Waals surface area contributed by atoms with Crippen molar-refractivity contribution in [3.8, 4) is 11.4 Å². The van der Waals surface area contributed by atoms with Gasteiger partial charge in [0.15, 0.2) is 0 Å². The molecule has 7 nitrogen and oxygen atoms in total. The Labute approximate surface area is 152 Å². The zero-order chi connectivity index (χ0) is 18.5. The molecule has 1 N–H and O–H groups in total. The lowest BCUT2D eigenvalue weighted by Crippen LogP contribution is -2.33. The van der Waals surface area contributed by atoms with Crippen LogP contribution in [0.4, 0.5) is 0 Å². The van der Waals surface area contributed by atoms with Crippen molar-refractivity contribution in [2.24, 2.45) is 13.0 Å². The molecule has 0 saturated carbocycles. The van der Waals surface area contributed by atoms with Gasteiger partial charge < -0.3 is 14.4 Å². The molecule has 136 valence electrons. The van der Waals surface area contributed by atoms with E-state index in [1.54, 1.807) is 6.20 Å². The zero-order valence-electron chi connectivity index (χ0n) is 15.2. The maximum absolute atomic E-state index is 12.4. The molecule has 7 heteroatoms. The van der Waals surface area contributed by atoms with Crippen LogP contribution in [0, 0.1) is 5.92 Å². The lowest BCUT2D eigenvalue weighted by atomic mass is 10.0. The third-order valence-electron chi connectivity index (χ3n) is 4.19. The Morgan fingerprint density at radius 1 is 1.27 bits per heavy atom. The van der Waals surface area contributed by atoms with Crippen molar-refractivity contribution >= 4 is 5.91 Å². The molecule has 0 aliphatic rings. The molecule has 3 aromatic rings. The summed E-state index contributed by atoms with van der Waals surface area (Å²) in [5.74, 6) is 2.00. The van der Waals surface area contributed by atoms with Crippen LogP contribution in [0.25, 0.3) is 11.4 Å². The van der Waals surface area contributed by atoms with Gasteiger partial charge in [0, 0.05) is 37.8 Å². The SMILES string of the molecule is CC(C)[C@@H](NC(=O)CCc1nc(-c2ccccc2)no1)c1nccn1C. The molecule has 0 unspecified atom stereocenters. The van der Waals surface area contributed by atoms with Gasteiger partial charge in [-0.3, -0.25) is 4.79 Å². The van der Waals surface area contributed by atoms with E-state index in [2.05, 4.69) is 34.3 Å². The van der Waals surface area contributed by atoms with E-state index < -0.39 is 0 Å². The van der Waals surface area contributed by atoms with Gasteiger partial charge in [0.25, 0.3) is 0 Å². The average molecular weight is 353 g/mol. The van der Waals surface area contributed by atoms with Crippen molar-refractivity contribution < 1.29 is 9.32 Å². The number of hydrogen-bond acceptors (Lipinski definition) is 5. The third kappa shape index (κ3) is 4.17. The average Bonchev–Trinajstić information content (AvgIpc) is 3.27. The number of carbonyl (C=O) groups excluding carboxylic acids is 1. The first kappa shape index (κ1) is 17.8. The van der Waals surface area contributed by atoms with Crippen molar-refractivity contribution in [1.29, 1.82) is 0 Å². The van der Waals surface area contributed by atoms with Gasteiger partial charge in [-0.2, -0.15) is 4.98 Å². The Morgan fingerprint density at radius 3 is 2.69 bits per heavy atom. The van der Waals surface area contributed by atoms with E-state index in [4.69, 9.17) is 4.52 Å². The first-order valence-corrected chi connectivity index (χ1v) is 8.69. The first-order valence-electron chi connectivity index (χ1n) is 8.69. The highest BCUT2D eigenvalue weighted by molar-refractivity contribution is 5.76. The summed E-state index contributed by atoms with van der Waals surface area (Å²) in [5.41, 5.74) is 0.890. The second-order valence-electron chi connectivity index (χ2n) is 6.56. The Kier molecular flexibility index (Phi) is 5.46. The van der Waals surface area contributed by atoms with Gasteiger partial charge in [0.1, 0.15) is 5.82 Å². The Bertz CT molecular complexity index is 854. The summed E-state index contributed by atoms with van der Waals surface area (Å²) in [4.78, 5) is 21.1. The number of aryl methyl sites for hydroxylation is 2. The summed E-state index contributed by atoms with van der Waals surface area (Å²) in [6.07, 6.45) is 4.29. The molecule has 1 amide bonds. The van der Waals surface area contributed by atoms with Gasteiger partial charge in [-0.15, -0.1) is 0 Å². The molecule has 2 heterocycles. The van der Waals surface area contributed by atoms with Crippen LogP contribution in [0.15, 0.2) is 47.2 Å². The molecule has 0 aliphatic heterocycles. The Morgan fingerprint density at radius 2 is 2.04 bits per heavy atom. The normalized spacial score (nSPS) is 12.3. The predicted octanol–water partition coefficient (Wildman–Crippen LogP) is 2.92. The van der Waals surface area contributed by atoms with Crippen LogP contribution in [-0.4, -0.2) is 25.6 Å². The van der Waals surface area contributed by atoms with Crippen LogP contribution in [0.3, 0.4) is 0 Å². The summed E-state index contributed by atoms with van der Waals surface area (Å²) in [7, 11) is 1.92. The minimum atomic E-state index is -0.134. The molecular formula is C19H23N5O2. The van der Waals surface area contributed by atoms with Gasteiger partial charge in [-0.05, 0) is 5.92 Å². The van der Waals surface area contributed by atoms with Gasteiger partial charge >= 0.3 is 0 Å². The predicted molar refractivity (Wildman–Crippen MR) is 97.0 cm³/mol. The van der Waals surface area contributed by atoms with E-state index in [1.165, 1.54) is 0 Å². The number of benzene rings is 1. The van der Waals surface area contributed by atoms with E-state index >= 15 is 0 Å². The number of imidazole rings is 1. The summed E-state index contributed by atoms with van der Waals surface area (Å²) >= 11 is 0. The van der Waals surface area contributed by atoms with Crippen LogP contribution in [0.5, 0.6) is 0 Å². The van der Waals surface area contributed by atoms with Crippen molar-refractivity contribution in [1.82, 2.24) is 25.0 Å². The largest absolute Gasteiger partial charge is 0.346 e. The van der Waals surface area contributed by atoms with E-state index in [0.717, 1.165) is 11.4 Å². The number of aromatic nitrogens is 4. The molecule has 0 aliphatic carbocycles. The molecule has 2 aromatic heterocycles. The smallest absolute Gasteiger partial charge is 0.227 e. The van der Waals surface area contributed by atoms with Crippen LogP contribution in [0.1, 0.15) is 38.0 Å². The summed E-state index contributed by atoms with van der Waals surface area (Å²) in [5, 5.41) is 7.03. The van der Waals surface area contributed by atoms with E-state index in [-0.39, 0.29) is 24.3 Å². The number of rotatable bonds is 7. The highest BCUT2D eigenvalue weighted by Gasteiger charge is 2.22. The van der Waals surface area contributed by atoms with Crippen LogP contribution >= 0.6 is 0 Å². The zero-order valence-corrected chi connectivity index (χ0v) is 15.2. The summed E-state index contributed by atoms with van der Waals surface area (Å²) in [6, 6.07) is 9.47. The maximum Gasteiger partial charge on any atom is 0.227 e. The fraction of sp³-hybridized carbons (Fsp3) is 0.368. The molecule has 26 heavy (non-hydrogen) atoms. The van der Waals surface area contributed by atoms with E-state index in [0.29, 0.717) is 18.1 Å². The standard InChI is InChI=1S/C19H23N5O2/c1-13(2)17(19-20-11-12-24(19)3)21-15(25)9-10-16-22-18(23-26-16)14-7-5-4-6-8-14/h4-8,11-13,17H,9-10H2,1-3H3,(H,21,25)/t17-/m1/s1. The lowest BCUT2D eigenvalue weighted by Gasteiger charge is -2.22. The van der Waals surface area contributed by atoms with Crippen molar-refractivity contribution in [3.63, 3.8) is 0 Å². The van der Waals surface area contributed by atoms with Crippen molar-refractivity contribution in [2.45, 2.75) is 32.7 Å². The fourth-order valence-corrected chi connectivity index (χ4v) is 2.73. The molecule has 1 atom stereocenters. The monoisotopic (exact) mass is 353 g/mol. The number of nitrogens with zero attached hydrogens (tertiary/aromatic N) is 4. The van der Waals surface area contributed by atoms with Gasteiger partial charge in [-0.1, -0.05) is 49.3 Å². The van der Waals surface area contributed by atoms with E-state index in [1.807, 2.05) is 48.1 Å². The number of carbonyl (C=O) groups is 1. The minimum absolute atomic E-state index is 0.0637. The lowest BCUT2D eigenvalue weighted by molar-refractivity contribution is -0.122. The Hall–Kier alpha value is -2.96. The van der Waals surface area contributed by atoms with E-state index in [9.17, 15) is 4.79 Å². The van der Waals surface area contributed by atoms with Crippen molar-refractivity contribution in [3.05, 3.63) is 54.4 Å². The highest BCUT2D eigenvalue weighted by Crippen LogP contribution is 2.20. The number of hydrogen-bond donors (Lipinski definition) is 1. The van der Waals surface area contributed by atoms with Crippen molar-refractivity contribution in [2.75, 3.05) is 0 Å². The molecule has 0 saturated heterocycles. The molecule has 0 fully saturated rings. The maximum atomic E-state index is 12.4. The quantitative estimate of drug-likeness (QED) is 0.706. The highest BCUT2D eigenvalue weighted by atomic mass is 16.5.